The van der Waals surface area contributed by atoms with E-state index in [2.05, 4.69) is 10.4 Å². The fraction of sp³-hybridized carbons (Fsp3) is 0.750. The lowest BCUT2D eigenvalue weighted by molar-refractivity contribution is 0.330. The van der Waals surface area contributed by atoms with Crippen molar-refractivity contribution < 1.29 is 4.42 Å². The fourth-order valence-corrected chi connectivity index (χ4v) is 1.57. The van der Waals surface area contributed by atoms with Gasteiger partial charge in [0.05, 0.1) is 6.04 Å². The quantitative estimate of drug-likeness (QED) is 0.675. The van der Waals surface area contributed by atoms with Crippen molar-refractivity contribution in [3.8, 4) is 0 Å². The van der Waals surface area contributed by atoms with Gasteiger partial charge < -0.3 is 9.73 Å². The SMILES string of the molecule is Cn1nc(C2CCCCN2)oc1=O. The van der Waals surface area contributed by atoms with Gasteiger partial charge in [0.2, 0.25) is 5.89 Å². The predicted molar refractivity (Wildman–Crippen MR) is 46.3 cm³/mol. The van der Waals surface area contributed by atoms with E-state index in [9.17, 15) is 4.79 Å². The second kappa shape index (κ2) is 3.33. The summed E-state index contributed by atoms with van der Waals surface area (Å²) in [5, 5.41) is 7.28. The number of hydrogen-bond acceptors (Lipinski definition) is 4. The van der Waals surface area contributed by atoms with Gasteiger partial charge in [-0.25, -0.2) is 4.79 Å². The van der Waals surface area contributed by atoms with Crippen LogP contribution in [0, 0.1) is 0 Å². The summed E-state index contributed by atoms with van der Waals surface area (Å²) in [7, 11) is 1.60. The number of aromatic nitrogens is 2. The molecule has 0 spiro atoms. The van der Waals surface area contributed by atoms with Gasteiger partial charge in [-0.3, -0.25) is 0 Å². The molecule has 1 N–H and O–H groups in total. The molecule has 0 saturated carbocycles. The second-order valence-electron chi connectivity index (χ2n) is 3.33. The minimum atomic E-state index is -0.387. The highest BCUT2D eigenvalue weighted by Gasteiger charge is 2.20. The van der Waals surface area contributed by atoms with Crippen molar-refractivity contribution in [3.05, 3.63) is 16.4 Å². The van der Waals surface area contributed by atoms with E-state index in [4.69, 9.17) is 4.42 Å². The molecule has 0 aromatic carbocycles. The molecule has 1 fully saturated rings. The molecule has 13 heavy (non-hydrogen) atoms. The minimum Gasteiger partial charge on any atom is -0.391 e. The van der Waals surface area contributed by atoms with Gasteiger partial charge in [0.1, 0.15) is 0 Å². The van der Waals surface area contributed by atoms with E-state index in [0.29, 0.717) is 5.89 Å². The minimum absolute atomic E-state index is 0.127. The molecule has 72 valence electrons. The molecular formula is C8H13N3O2. The number of rotatable bonds is 1. The van der Waals surface area contributed by atoms with Crippen LogP contribution in [0.25, 0.3) is 0 Å². The number of hydrogen-bond donors (Lipinski definition) is 1. The van der Waals surface area contributed by atoms with E-state index in [1.54, 1.807) is 7.05 Å². The van der Waals surface area contributed by atoms with E-state index in [-0.39, 0.29) is 11.8 Å². The lowest BCUT2D eigenvalue weighted by Crippen LogP contribution is -2.27. The first-order valence-electron chi connectivity index (χ1n) is 4.55. The van der Waals surface area contributed by atoms with Crippen LogP contribution in [0.1, 0.15) is 31.2 Å². The van der Waals surface area contributed by atoms with Crippen LogP contribution < -0.4 is 11.1 Å². The first-order chi connectivity index (χ1) is 6.27. The van der Waals surface area contributed by atoms with Gasteiger partial charge in [0.25, 0.3) is 0 Å². The summed E-state index contributed by atoms with van der Waals surface area (Å²) in [6, 6.07) is 0.127. The molecule has 5 heteroatoms. The number of piperidine rings is 1. The monoisotopic (exact) mass is 183 g/mol. The molecule has 0 aliphatic carbocycles. The van der Waals surface area contributed by atoms with E-state index < -0.39 is 0 Å². The van der Waals surface area contributed by atoms with Crippen LogP contribution in [0.3, 0.4) is 0 Å². The molecule has 2 rings (SSSR count). The molecule has 0 bridgehead atoms. The van der Waals surface area contributed by atoms with Crippen LogP contribution in [0.4, 0.5) is 0 Å². The zero-order valence-corrected chi connectivity index (χ0v) is 7.62. The third-order valence-electron chi connectivity index (χ3n) is 2.31. The maximum absolute atomic E-state index is 11.0. The van der Waals surface area contributed by atoms with Gasteiger partial charge in [-0.15, -0.1) is 5.10 Å². The summed E-state index contributed by atoms with van der Waals surface area (Å²) in [6.45, 7) is 0.977. The summed E-state index contributed by atoms with van der Waals surface area (Å²) in [4.78, 5) is 11.0. The van der Waals surface area contributed by atoms with Crippen molar-refractivity contribution in [3.63, 3.8) is 0 Å². The van der Waals surface area contributed by atoms with E-state index >= 15 is 0 Å². The topological polar surface area (TPSA) is 60.1 Å². The highest BCUT2D eigenvalue weighted by atomic mass is 16.4. The normalized spacial score (nSPS) is 23.3. The van der Waals surface area contributed by atoms with Crippen molar-refractivity contribution >= 4 is 0 Å². The maximum atomic E-state index is 11.0. The van der Waals surface area contributed by atoms with Gasteiger partial charge in [-0.1, -0.05) is 6.42 Å². The molecule has 1 aliphatic heterocycles. The molecule has 1 aliphatic rings. The smallest absolute Gasteiger partial charge is 0.391 e. The Labute approximate surface area is 75.7 Å². The molecule has 1 aromatic heterocycles. The summed E-state index contributed by atoms with van der Waals surface area (Å²) in [5.41, 5.74) is 0. The third-order valence-corrected chi connectivity index (χ3v) is 2.31. The molecule has 1 saturated heterocycles. The second-order valence-corrected chi connectivity index (χ2v) is 3.33. The van der Waals surface area contributed by atoms with Crippen molar-refractivity contribution in [1.29, 1.82) is 0 Å². The largest absolute Gasteiger partial charge is 0.436 e. The van der Waals surface area contributed by atoms with Crippen molar-refractivity contribution in [2.75, 3.05) is 6.54 Å². The third kappa shape index (κ3) is 1.65. The summed E-state index contributed by atoms with van der Waals surface area (Å²) >= 11 is 0. The average molecular weight is 183 g/mol. The van der Waals surface area contributed by atoms with Gasteiger partial charge in [-0.2, -0.15) is 4.68 Å². The van der Waals surface area contributed by atoms with Crippen LogP contribution >= 0.6 is 0 Å². The first-order valence-corrected chi connectivity index (χ1v) is 4.55. The number of aryl methyl sites for hydroxylation is 1. The Morgan fingerprint density at radius 1 is 1.62 bits per heavy atom. The van der Waals surface area contributed by atoms with Gasteiger partial charge in [-0.05, 0) is 19.4 Å². The van der Waals surface area contributed by atoms with Gasteiger partial charge in [0.15, 0.2) is 0 Å². The Hall–Kier alpha value is -1.10. The molecule has 1 aromatic rings. The number of nitrogens with one attached hydrogen (secondary N) is 1. The van der Waals surface area contributed by atoms with Crippen LogP contribution in [-0.2, 0) is 7.05 Å². The number of nitrogens with zero attached hydrogens (tertiary/aromatic N) is 2. The van der Waals surface area contributed by atoms with Crippen LogP contribution in [-0.4, -0.2) is 16.3 Å². The Morgan fingerprint density at radius 2 is 2.46 bits per heavy atom. The molecular weight excluding hydrogens is 170 g/mol. The lowest BCUT2D eigenvalue weighted by Gasteiger charge is -2.19. The summed E-state index contributed by atoms with van der Waals surface area (Å²) in [6.07, 6.45) is 3.35. The van der Waals surface area contributed by atoms with Crippen LogP contribution in [0.15, 0.2) is 9.21 Å². The van der Waals surface area contributed by atoms with Crippen molar-refractivity contribution in [1.82, 2.24) is 15.1 Å². The fourth-order valence-electron chi connectivity index (χ4n) is 1.57. The molecule has 2 heterocycles. The molecule has 1 unspecified atom stereocenters. The van der Waals surface area contributed by atoms with Crippen molar-refractivity contribution in [2.24, 2.45) is 7.05 Å². The highest BCUT2D eigenvalue weighted by Crippen LogP contribution is 2.19. The zero-order chi connectivity index (χ0) is 9.26. The molecule has 0 amide bonds. The Kier molecular flexibility index (Phi) is 2.18. The van der Waals surface area contributed by atoms with E-state index in [0.717, 1.165) is 19.4 Å². The Morgan fingerprint density at radius 3 is 3.00 bits per heavy atom. The summed E-state index contributed by atoms with van der Waals surface area (Å²) in [5.74, 6) is 0.134. The standard InChI is InChI=1S/C8H13N3O2/c1-11-8(12)13-7(10-11)6-4-2-3-5-9-6/h6,9H,2-5H2,1H3. The average Bonchev–Trinajstić information content (AvgIpc) is 2.49. The molecule has 0 radical (unpaired) electrons. The highest BCUT2D eigenvalue weighted by molar-refractivity contribution is 4.88. The van der Waals surface area contributed by atoms with Gasteiger partial charge >= 0.3 is 5.76 Å². The molecule has 1 atom stereocenters. The first kappa shape index (κ1) is 8.50. The van der Waals surface area contributed by atoms with Crippen LogP contribution in [0.2, 0.25) is 0 Å². The van der Waals surface area contributed by atoms with Gasteiger partial charge in [0, 0.05) is 7.05 Å². The van der Waals surface area contributed by atoms with E-state index in [1.807, 2.05) is 0 Å². The zero-order valence-electron chi connectivity index (χ0n) is 7.62. The molecule has 5 nitrogen and oxygen atoms in total. The summed E-state index contributed by atoms with van der Waals surface area (Å²) < 4.78 is 6.22. The maximum Gasteiger partial charge on any atom is 0.436 e. The van der Waals surface area contributed by atoms with Crippen LogP contribution in [0.5, 0.6) is 0 Å². The lowest BCUT2D eigenvalue weighted by atomic mass is 10.1. The predicted octanol–water partition coefficient (Wildman–Crippen LogP) is 0.188. The van der Waals surface area contributed by atoms with E-state index in [1.165, 1.54) is 11.1 Å². The Balaban J connectivity index is 2.19. The Bertz CT molecular complexity index is 335. The van der Waals surface area contributed by atoms with Crippen molar-refractivity contribution in [2.45, 2.75) is 25.3 Å².